The Labute approximate surface area is 150 Å². The highest BCUT2D eigenvalue weighted by Gasteiger charge is 2.13. The number of carbonyl (C=O) groups is 1. The second-order valence-electron chi connectivity index (χ2n) is 5.47. The summed E-state index contributed by atoms with van der Waals surface area (Å²) in [6, 6.07) is 9.49. The molecule has 26 heavy (non-hydrogen) atoms. The summed E-state index contributed by atoms with van der Waals surface area (Å²) < 4.78 is 33.8. The van der Waals surface area contributed by atoms with Gasteiger partial charge in [0.15, 0.2) is 15.6 Å². The van der Waals surface area contributed by atoms with E-state index in [1.165, 1.54) is 18.4 Å². The van der Waals surface area contributed by atoms with Crippen molar-refractivity contribution < 1.29 is 22.2 Å². The van der Waals surface area contributed by atoms with Crippen LogP contribution in [0.2, 0.25) is 0 Å². The number of amides is 1. The smallest absolute Gasteiger partial charge is 0.238 e. The highest BCUT2D eigenvalue weighted by molar-refractivity contribution is 7.91. The van der Waals surface area contributed by atoms with Crippen molar-refractivity contribution >= 4 is 21.4 Å². The molecule has 136 valence electrons. The molecule has 2 aromatic heterocycles. The number of nitrogens with zero attached hydrogens (tertiary/aromatic N) is 2. The SMILES string of the molecule is CCS(=O)(=O)c1ccc(NC(=O)CCc2nc(-c3ccco3)no2)cc1. The molecule has 0 aliphatic heterocycles. The molecule has 1 aromatic carbocycles. The zero-order chi connectivity index (χ0) is 18.6. The van der Waals surface area contributed by atoms with E-state index in [1.807, 2.05) is 0 Å². The first-order valence-electron chi connectivity index (χ1n) is 7.97. The van der Waals surface area contributed by atoms with E-state index < -0.39 is 9.84 Å². The van der Waals surface area contributed by atoms with Crippen molar-refractivity contribution in [2.24, 2.45) is 0 Å². The minimum absolute atomic E-state index is 0.0306. The van der Waals surface area contributed by atoms with Gasteiger partial charge >= 0.3 is 0 Å². The van der Waals surface area contributed by atoms with Crippen molar-refractivity contribution in [3.8, 4) is 11.6 Å². The minimum atomic E-state index is -3.25. The zero-order valence-electron chi connectivity index (χ0n) is 14.0. The quantitative estimate of drug-likeness (QED) is 0.675. The van der Waals surface area contributed by atoms with E-state index in [0.717, 1.165) is 0 Å². The van der Waals surface area contributed by atoms with Crippen molar-refractivity contribution in [3.63, 3.8) is 0 Å². The third kappa shape index (κ3) is 4.17. The molecular weight excluding hydrogens is 358 g/mol. The molecule has 0 radical (unpaired) electrons. The molecule has 1 N–H and O–H groups in total. The van der Waals surface area contributed by atoms with E-state index in [4.69, 9.17) is 8.94 Å². The van der Waals surface area contributed by atoms with Gasteiger partial charge in [-0.15, -0.1) is 0 Å². The van der Waals surface area contributed by atoms with Crippen molar-refractivity contribution in [1.82, 2.24) is 10.1 Å². The number of nitrogens with one attached hydrogen (secondary N) is 1. The van der Waals surface area contributed by atoms with Gasteiger partial charge in [0.1, 0.15) is 0 Å². The van der Waals surface area contributed by atoms with Gasteiger partial charge in [-0.1, -0.05) is 12.1 Å². The van der Waals surface area contributed by atoms with Crippen LogP contribution < -0.4 is 5.32 Å². The number of aromatic nitrogens is 2. The number of sulfone groups is 1. The largest absolute Gasteiger partial charge is 0.461 e. The Bertz CT molecular complexity index is 976. The van der Waals surface area contributed by atoms with E-state index in [1.54, 1.807) is 31.2 Å². The third-order valence-corrected chi connectivity index (χ3v) is 5.40. The fourth-order valence-corrected chi connectivity index (χ4v) is 3.10. The molecular formula is C17H17N3O5S. The van der Waals surface area contributed by atoms with Gasteiger partial charge in [0.25, 0.3) is 0 Å². The molecule has 0 unspecified atom stereocenters. The molecule has 3 aromatic rings. The summed E-state index contributed by atoms with van der Waals surface area (Å²) in [7, 11) is -3.25. The molecule has 0 bridgehead atoms. The number of hydrogen-bond donors (Lipinski definition) is 1. The Kier molecular flexibility index (Phi) is 5.17. The van der Waals surface area contributed by atoms with Gasteiger partial charge in [-0.05, 0) is 36.4 Å². The Hall–Kier alpha value is -2.94. The predicted octanol–water partition coefficient (Wildman–Crippen LogP) is 2.69. The number of aryl methyl sites for hydroxylation is 1. The monoisotopic (exact) mass is 375 g/mol. The molecule has 0 aliphatic carbocycles. The molecule has 2 heterocycles. The minimum Gasteiger partial charge on any atom is -0.461 e. The van der Waals surface area contributed by atoms with Crippen LogP contribution in [0.1, 0.15) is 19.2 Å². The number of hydrogen-bond acceptors (Lipinski definition) is 7. The van der Waals surface area contributed by atoms with E-state index in [2.05, 4.69) is 15.5 Å². The van der Waals surface area contributed by atoms with Crippen LogP contribution in [0.3, 0.4) is 0 Å². The molecule has 3 rings (SSSR count). The summed E-state index contributed by atoms with van der Waals surface area (Å²) in [5.41, 5.74) is 0.520. The molecule has 9 heteroatoms. The summed E-state index contributed by atoms with van der Waals surface area (Å²) in [6.45, 7) is 1.58. The average molecular weight is 375 g/mol. The summed E-state index contributed by atoms with van der Waals surface area (Å²) in [5, 5.41) is 6.49. The second kappa shape index (κ2) is 7.52. The van der Waals surface area contributed by atoms with Gasteiger partial charge in [0.05, 0.1) is 16.9 Å². The molecule has 0 saturated carbocycles. The maximum atomic E-state index is 12.0. The lowest BCUT2D eigenvalue weighted by Crippen LogP contribution is -2.12. The maximum Gasteiger partial charge on any atom is 0.238 e. The van der Waals surface area contributed by atoms with Crippen LogP contribution in [0.25, 0.3) is 11.6 Å². The lowest BCUT2D eigenvalue weighted by atomic mass is 10.2. The van der Waals surface area contributed by atoms with Crippen LogP contribution in [0, 0.1) is 0 Å². The van der Waals surface area contributed by atoms with Crippen LogP contribution in [0.15, 0.2) is 56.5 Å². The van der Waals surface area contributed by atoms with Crippen LogP contribution >= 0.6 is 0 Å². The number of rotatable bonds is 7. The van der Waals surface area contributed by atoms with Crippen molar-refractivity contribution in [2.45, 2.75) is 24.7 Å². The van der Waals surface area contributed by atoms with Gasteiger partial charge in [-0.2, -0.15) is 4.98 Å². The second-order valence-corrected chi connectivity index (χ2v) is 7.74. The summed E-state index contributed by atoms with van der Waals surface area (Å²) in [4.78, 5) is 16.4. The number of carbonyl (C=O) groups excluding carboxylic acids is 1. The maximum absolute atomic E-state index is 12.0. The van der Waals surface area contributed by atoms with Gasteiger partial charge in [0.2, 0.25) is 17.6 Å². The first kappa shape index (κ1) is 17.9. The first-order valence-corrected chi connectivity index (χ1v) is 9.62. The van der Waals surface area contributed by atoms with E-state index in [0.29, 0.717) is 23.2 Å². The highest BCUT2D eigenvalue weighted by Crippen LogP contribution is 2.17. The van der Waals surface area contributed by atoms with Crippen molar-refractivity contribution in [2.75, 3.05) is 11.1 Å². The fourth-order valence-electron chi connectivity index (χ4n) is 2.22. The topological polar surface area (TPSA) is 115 Å². The standard InChI is InChI=1S/C17H17N3O5S/c1-2-26(22,23)13-7-5-12(6-8-13)18-15(21)9-10-16-19-17(20-25-16)14-4-3-11-24-14/h3-8,11H,2,9-10H2,1H3,(H,18,21). The normalized spacial score (nSPS) is 11.4. The van der Waals surface area contributed by atoms with Gasteiger partial charge in [0, 0.05) is 18.5 Å². The number of anilines is 1. The van der Waals surface area contributed by atoms with Crippen LogP contribution in [0.4, 0.5) is 5.69 Å². The van der Waals surface area contributed by atoms with Crippen LogP contribution in [0.5, 0.6) is 0 Å². The lowest BCUT2D eigenvalue weighted by molar-refractivity contribution is -0.116. The predicted molar refractivity (Wildman–Crippen MR) is 93.1 cm³/mol. The van der Waals surface area contributed by atoms with Gasteiger partial charge < -0.3 is 14.3 Å². The van der Waals surface area contributed by atoms with E-state index in [9.17, 15) is 13.2 Å². The van der Waals surface area contributed by atoms with E-state index in [-0.39, 0.29) is 29.4 Å². The lowest BCUT2D eigenvalue weighted by Gasteiger charge is -2.06. The third-order valence-electron chi connectivity index (χ3n) is 3.65. The summed E-state index contributed by atoms with van der Waals surface area (Å²) in [6.07, 6.45) is 1.94. The first-order chi connectivity index (χ1) is 12.5. The summed E-state index contributed by atoms with van der Waals surface area (Å²) in [5.74, 6) is 0.942. The highest BCUT2D eigenvalue weighted by atomic mass is 32.2. The number of benzene rings is 1. The Morgan fingerprint density at radius 3 is 2.62 bits per heavy atom. The molecule has 0 fully saturated rings. The molecule has 0 saturated heterocycles. The Morgan fingerprint density at radius 2 is 1.96 bits per heavy atom. The average Bonchev–Trinajstić information content (AvgIpc) is 3.32. The zero-order valence-corrected chi connectivity index (χ0v) is 14.8. The van der Waals surface area contributed by atoms with Crippen molar-refractivity contribution in [1.29, 1.82) is 0 Å². The van der Waals surface area contributed by atoms with Crippen LogP contribution in [-0.2, 0) is 21.1 Å². The Balaban J connectivity index is 1.54. The van der Waals surface area contributed by atoms with Gasteiger partial charge in [-0.3, -0.25) is 4.79 Å². The van der Waals surface area contributed by atoms with E-state index >= 15 is 0 Å². The van der Waals surface area contributed by atoms with Crippen molar-refractivity contribution in [3.05, 3.63) is 48.6 Å². The van der Waals surface area contributed by atoms with Crippen LogP contribution in [-0.4, -0.2) is 30.2 Å². The summed E-state index contributed by atoms with van der Waals surface area (Å²) >= 11 is 0. The molecule has 1 amide bonds. The molecule has 0 atom stereocenters. The molecule has 0 aliphatic rings. The molecule has 8 nitrogen and oxygen atoms in total. The van der Waals surface area contributed by atoms with Gasteiger partial charge in [-0.25, -0.2) is 8.42 Å². The fraction of sp³-hybridized carbons (Fsp3) is 0.235. The Morgan fingerprint density at radius 1 is 1.19 bits per heavy atom. The molecule has 0 spiro atoms. The number of furan rings is 1.